The van der Waals surface area contributed by atoms with Crippen LogP contribution in [0.5, 0.6) is 5.75 Å². The van der Waals surface area contributed by atoms with E-state index in [0.29, 0.717) is 24.3 Å². The Bertz CT molecular complexity index is 638. The standard InChI is InChI=1S/C16H20N4O3/c1-3-15(21)13-4-6-14(7-5-13)23-9-16(22)18-8-12(2)20-11-17-10-19-20/h4-7,10-12H,3,8-9H2,1-2H3,(H,18,22). The normalized spacial score (nSPS) is 11.7. The smallest absolute Gasteiger partial charge is 0.258 e. The van der Waals surface area contributed by atoms with E-state index in [1.165, 1.54) is 6.33 Å². The molecule has 1 amide bonds. The monoisotopic (exact) mass is 316 g/mol. The molecule has 1 heterocycles. The van der Waals surface area contributed by atoms with Crippen molar-refractivity contribution in [1.82, 2.24) is 20.1 Å². The third kappa shape index (κ3) is 4.91. The first-order valence-corrected chi connectivity index (χ1v) is 7.47. The van der Waals surface area contributed by atoms with Crippen molar-refractivity contribution in [2.45, 2.75) is 26.3 Å². The van der Waals surface area contributed by atoms with Crippen molar-refractivity contribution >= 4 is 11.7 Å². The molecule has 0 fully saturated rings. The van der Waals surface area contributed by atoms with Gasteiger partial charge in [0.05, 0.1) is 6.04 Å². The topological polar surface area (TPSA) is 86.1 Å². The molecule has 0 spiro atoms. The Balaban J connectivity index is 1.75. The number of aromatic nitrogens is 3. The molecule has 0 bridgehead atoms. The van der Waals surface area contributed by atoms with Crippen molar-refractivity contribution in [2.75, 3.05) is 13.2 Å². The molecule has 0 aliphatic carbocycles. The van der Waals surface area contributed by atoms with Crippen LogP contribution in [0.3, 0.4) is 0 Å². The molecule has 122 valence electrons. The highest BCUT2D eigenvalue weighted by Crippen LogP contribution is 2.13. The Morgan fingerprint density at radius 1 is 1.30 bits per heavy atom. The summed E-state index contributed by atoms with van der Waals surface area (Å²) in [6.07, 6.45) is 3.52. The fourth-order valence-electron chi connectivity index (χ4n) is 1.94. The second kappa shape index (κ2) is 8.07. The molecule has 0 saturated heterocycles. The minimum absolute atomic E-state index is 0.0146. The van der Waals surface area contributed by atoms with Crippen molar-refractivity contribution in [1.29, 1.82) is 0 Å². The average Bonchev–Trinajstić information content (AvgIpc) is 3.12. The van der Waals surface area contributed by atoms with E-state index < -0.39 is 0 Å². The van der Waals surface area contributed by atoms with Crippen LogP contribution in [0, 0.1) is 0 Å². The van der Waals surface area contributed by atoms with Crippen LogP contribution in [0.15, 0.2) is 36.9 Å². The Hall–Kier alpha value is -2.70. The molecule has 0 aliphatic rings. The second-order valence-corrected chi connectivity index (χ2v) is 5.12. The maximum absolute atomic E-state index is 11.8. The van der Waals surface area contributed by atoms with E-state index in [1.807, 2.05) is 13.8 Å². The van der Waals surface area contributed by atoms with Gasteiger partial charge in [-0.2, -0.15) is 5.10 Å². The maximum Gasteiger partial charge on any atom is 0.258 e. The zero-order valence-electron chi connectivity index (χ0n) is 13.2. The van der Waals surface area contributed by atoms with Gasteiger partial charge in [-0.15, -0.1) is 0 Å². The summed E-state index contributed by atoms with van der Waals surface area (Å²) >= 11 is 0. The molecule has 2 aromatic rings. The van der Waals surface area contributed by atoms with Gasteiger partial charge in [-0.25, -0.2) is 9.67 Å². The van der Waals surface area contributed by atoms with Crippen molar-refractivity contribution in [3.63, 3.8) is 0 Å². The zero-order chi connectivity index (χ0) is 16.7. The lowest BCUT2D eigenvalue weighted by Gasteiger charge is -2.13. The van der Waals surface area contributed by atoms with Gasteiger partial charge in [0.15, 0.2) is 12.4 Å². The minimum Gasteiger partial charge on any atom is -0.484 e. The number of nitrogens with zero attached hydrogens (tertiary/aromatic N) is 3. The van der Waals surface area contributed by atoms with E-state index in [0.717, 1.165) is 0 Å². The summed E-state index contributed by atoms with van der Waals surface area (Å²) < 4.78 is 7.07. The number of hydrogen-bond donors (Lipinski definition) is 1. The highest BCUT2D eigenvalue weighted by Gasteiger charge is 2.09. The number of ketones is 1. The van der Waals surface area contributed by atoms with E-state index in [-0.39, 0.29) is 24.3 Å². The number of hydrogen-bond acceptors (Lipinski definition) is 5. The van der Waals surface area contributed by atoms with E-state index >= 15 is 0 Å². The molecule has 1 atom stereocenters. The van der Waals surface area contributed by atoms with Crippen LogP contribution in [0.1, 0.15) is 36.7 Å². The molecule has 1 N–H and O–H groups in total. The second-order valence-electron chi connectivity index (χ2n) is 5.12. The molecule has 1 aromatic heterocycles. The van der Waals surface area contributed by atoms with Gasteiger partial charge in [0.25, 0.3) is 5.91 Å². The van der Waals surface area contributed by atoms with Gasteiger partial charge < -0.3 is 10.1 Å². The molecule has 1 aromatic carbocycles. The number of nitrogens with one attached hydrogen (secondary N) is 1. The van der Waals surface area contributed by atoms with Gasteiger partial charge in [0, 0.05) is 18.5 Å². The summed E-state index contributed by atoms with van der Waals surface area (Å²) in [4.78, 5) is 27.2. The highest BCUT2D eigenvalue weighted by atomic mass is 16.5. The first kappa shape index (κ1) is 16.7. The lowest BCUT2D eigenvalue weighted by molar-refractivity contribution is -0.123. The molecule has 0 saturated carbocycles. The SMILES string of the molecule is CCC(=O)c1ccc(OCC(=O)NCC(C)n2cncn2)cc1. The Morgan fingerprint density at radius 3 is 2.65 bits per heavy atom. The number of Topliss-reactive ketones (excluding diaryl/α,β-unsaturated/α-hetero) is 1. The first-order chi connectivity index (χ1) is 11.1. The molecular formula is C16H20N4O3. The number of carbonyl (C=O) groups is 2. The molecular weight excluding hydrogens is 296 g/mol. The van der Waals surface area contributed by atoms with Crippen molar-refractivity contribution in [3.8, 4) is 5.75 Å². The molecule has 7 heteroatoms. The fourth-order valence-corrected chi connectivity index (χ4v) is 1.94. The van der Waals surface area contributed by atoms with Crippen LogP contribution >= 0.6 is 0 Å². The number of ether oxygens (including phenoxy) is 1. The quantitative estimate of drug-likeness (QED) is 0.748. The fraction of sp³-hybridized carbons (Fsp3) is 0.375. The van der Waals surface area contributed by atoms with Gasteiger partial charge >= 0.3 is 0 Å². The van der Waals surface area contributed by atoms with Gasteiger partial charge in [-0.3, -0.25) is 9.59 Å². The summed E-state index contributed by atoms with van der Waals surface area (Å²) in [5.41, 5.74) is 0.644. The van der Waals surface area contributed by atoms with Gasteiger partial charge in [0.1, 0.15) is 18.4 Å². The predicted octanol–water partition coefficient (Wildman–Crippen LogP) is 1.63. The molecule has 1 unspecified atom stereocenters. The Morgan fingerprint density at radius 2 is 2.04 bits per heavy atom. The first-order valence-electron chi connectivity index (χ1n) is 7.47. The van der Waals surface area contributed by atoms with Gasteiger partial charge in [-0.1, -0.05) is 6.92 Å². The van der Waals surface area contributed by atoms with Gasteiger partial charge in [0.2, 0.25) is 0 Å². The van der Waals surface area contributed by atoms with E-state index in [4.69, 9.17) is 4.74 Å². The molecule has 0 aliphatic heterocycles. The summed E-state index contributed by atoms with van der Waals surface area (Å²) in [7, 11) is 0. The Labute approximate surface area is 134 Å². The number of carbonyl (C=O) groups excluding carboxylic acids is 2. The van der Waals surface area contributed by atoms with E-state index in [9.17, 15) is 9.59 Å². The average molecular weight is 316 g/mol. The van der Waals surface area contributed by atoms with E-state index in [1.54, 1.807) is 35.3 Å². The van der Waals surface area contributed by atoms with E-state index in [2.05, 4.69) is 15.4 Å². The van der Waals surface area contributed by atoms with Crippen molar-refractivity contribution in [2.24, 2.45) is 0 Å². The molecule has 0 radical (unpaired) electrons. The maximum atomic E-state index is 11.8. The largest absolute Gasteiger partial charge is 0.484 e. The van der Waals surface area contributed by atoms with Crippen LogP contribution in [0.2, 0.25) is 0 Å². The van der Waals surface area contributed by atoms with Crippen LogP contribution in [-0.4, -0.2) is 39.6 Å². The number of benzene rings is 1. The van der Waals surface area contributed by atoms with Crippen LogP contribution in [-0.2, 0) is 4.79 Å². The molecule has 2 rings (SSSR count). The van der Waals surface area contributed by atoms with Crippen molar-refractivity contribution in [3.05, 3.63) is 42.5 Å². The Kier molecular flexibility index (Phi) is 5.85. The van der Waals surface area contributed by atoms with Crippen LogP contribution in [0.4, 0.5) is 0 Å². The van der Waals surface area contributed by atoms with Crippen molar-refractivity contribution < 1.29 is 14.3 Å². The lowest BCUT2D eigenvalue weighted by atomic mass is 10.1. The summed E-state index contributed by atoms with van der Waals surface area (Å²) in [6, 6.07) is 6.79. The summed E-state index contributed by atoms with van der Waals surface area (Å²) in [5, 5.41) is 6.79. The molecule has 23 heavy (non-hydrogen) atoms. The molecule has 7 nitrogen and oxygen atoms in total. The highest BCUT2D eigenvalue weighted by molar-refractivity contribution is 5.95. The zero-order valence-corrected chi connectivity index (χ0v) is 13.2. The van der Waals surface area contributed by atoms with Crippen LogP contribution in [0.25, 0.3) is 0 Å². The van der Waals surface area contributed by atoms with Crippen LogP contribution < -0.4 is 10.1 Å². The third-order valence-electron chi connectivity index (χ3n) is 3.35. The predicted molar refractivity (Wildman–Crippen MR) is 84.3 cm³/mol. The number of rotatable bonds is 8. The lowest BCUT2D eigenvalue weighted by Crippen LogP contribution is -2.33. The third-order valence-corrected chi connectivity index (χ3v) is 3.35. The van der Waals surface area contributed by atoms with Gasteiger partial charge in [-0.05, 0) is 31.2 Å². The minimum atomic E-state index is -0.217. The summed E-state index contributed by atoms with van der Waals surface area (Å²) in [6.45, 7) is 4.11. The number of amides is 1. The summed E-state index contributed by atoms with van der Waals surface area (Å²) in [5.74, 6) is 0.416.